The van der Waals surface area contributed by atoms with Gasteiger partial charge < -0.3 is 10.0 Å². The molecular weight excluding hydrogens is 312 g/mol. The Kier molecular flexibility index (Phi) is 5.68. The van der Waals surface area contributed by atoms with Crippen LogP contribution in [-0.4, -0.2) is 46.8 Å². The van der Waals surface area contributed by atoms with Crippen LogP contribution in [-0.2, 0) is 20.8 Å². The Bertz CT molecular complexity index is 653. The van der Waals surface area contributed by atoms with Crippen LogP contribution in [0, 0.1) is 5.92 Å². The number of carbonyl (C=O) groups is 4. The third-order valence-corrected chi connectivity index (χ3v) is 3.86. The van der Waals surface area contributed by atoms with Crippen LogP contribution in [0.3, 0.4) is 0 Å². The van der Waals surface area contributed by atoms with Crippen molar-refractivity contribution in [2.24, 2.45) is 5.92 Å². The molecule has 1 unspecified atom stereocenters. The number of nitrogens with one attached hydrogen (secondary N) is 1. The van der Waals surface area contributed by atoms with E-state index in [0.29, 0.717) is 24.9 Å². The first-order chi connectivity index (χ1) is 11.4. The lowest BCUT2D eigenvalue weighted by Gasteiger charge is -2.20. The number of aliphatic carboxylic acids is 1. The quantitative estimate of drug-likeness (QED) is 0.720. The average Bonchev–Trinajstić information content (AvgIpc) is 2.84. The summed E-state index contributed by atoms with van der Waals surface area (Å²) in [5, 5.41) is 11.2. The molecule has 1 atom stereocenters. The van der Waals surface area contributed by atoms with E-state index in [1.54, 1.807) is 24.3 Å². The second-order valence-electron chi connectivity index (χ2n) is 5.83. The molecule has 7 nitrogen and oxygen atoms in total. The zero-order chi connectivity index (χ0) is 17.7. The highest BCUT2D eigenvalue weighted by molar-refractivity contribution is 6.03. The van der Waals surface area contributed by atoms with E-state index >= 15 is 0 Å². The second kappa shape index (κ2) is 7.72. The molecule has 2 N–H and O–H groups in total. The molecule has 2 rings (SSSR count). The maximum atomic E-state index is 12.4. The van der Waals surface area contributed by atoms with E-state index in [2.05, 4.69) is 5.32 Å². The first kappa shape index (κ1) is 17.7. The van der Waals surface area contributed by atoms with Gasteiger partial charge >= 0.3 is 5.97 Å². The summed E-state index contributed by atoms with van der Waals surface area (Å²) in [4.78, 5) is 47.3. The number of carbonyl (C=O) groups excluding carboxylic acids is 3. The monoisotopic (exact) mass is 332 g/mol. The Morgan fingerprint density at radius 1 is 1.25 bits per heavy atom. The van der Waals surface area contributed by atoms with Gasteiger partial charge in [0.15, 0.2) is 0 Å². The van der Waals surface area contributed by atoms with Gasteiger partial charge in [0.1, 0.15) is 6.54 Å². The first-order valence-electron chi connectivity index (χ1n) is 7.84. The summed E-state index contributed by atoms with van der Waals surface area (Å²) < 4.78 is 0. The SMILES string of the molecule is CCCN(CC(=O)O)C(=O)c1ccc(CC2CC(=O)NC2=O)cc1. The van der Waals surface area contributed by atoms with Crippen molar-refractivity contribution in [2.45, 2.75) is 26.2 Å². The Balaban J connectivity index is 2.04. The highest BCUT2D eigenvalue weighted by Crippen LogP contribution is 2.18. The third-order valence-electron chi connectivity index (χ3n) is 3.86. The molecule has 1 heterocycles. The van der Waals surface area contributed by atoms with Crippen LogP contribution in [0.5, 0.6) is 0 Å². The normalized spacial score (nSPS) is 16.8. The zero-order valence-electron chi connectivity index (χ0n) is 13.4. The summed E-state index contributed by atoms with van der Waals surface area (Å²) >= 11 is 0. The maximum Gasteiger partial charge on any atom is 0.323 e. The van der Waals surface area contributed by atoms with Gasteiger partial charge in [-0.25, -0.2) is 0 Å². The number of carboxylic acids is 1. The molecule has 1 aliphatic heterocycles. The molecule has 0 bridgehead atoms. The summed E-state index contributed by atoms with van der Waals surface area (Å²) in [6.45, 7) is 1.91. The van der Waals surface area contributed by atoms with Gasteiger partial charge in [0.2, 0.25) is 11.8 Å². The summed E-state index contributed by atoms with van der Waals surface area (Å²) in [6, 6.07) is 6.70. The molecule has 0 aliphatic carbocycles. The summed E-state index contributed by atoms with van der Waals surface area (Å²) in [6.07, 6.45) is 1.28. The van der Waals surface area contributed by atoms with Crippen molar-refractivity contribution in [3.05, 3.63) is 35.4 Å². The maximum absolute atomic E-state index is 12.4. The molecule has 1 fully saturated rings. The Morgan fingerprint density at radius 3 is 2.42 bits per heavy atom. The largest absolute Gasteiger partial charge is 0.480 e. The highest BCUT2D eigenvalue weighted by atomic mass is 16.4. The van der Waals surface area contributed by atoms with Crippen LogP contribution in [0.1, 0.15) is 35.7 Å². The molecule has 0 saturated carbocycles. The van der Waals surface area contributed by atoms with Crippen molar-refractivity contribution in [1.82, 2.24) is 10.2 Å². The lowest BCUT2D eigenvalue weighted by atomic mass is 9.97. The van der Waals surface area contributed by atoms with Crippen LogP contribution in [0.2, 0.25) is 0 Å². The third kappa shape index (κ3) is 4.41. The molecule has 1 aromatic carbocycles. The van der Waals surface area contributed by atoms with Gasteiger partial charge in [0.05, 0.1) is 5.92 Å². The highest BCUT2D eigenvalue weighted by Gasteiger charge is 2.30. The molecule has 1 aromatic rings. The van der Waals surface area contributed by atoms with E-state index in [9.17, 15) is 19.2 Å². The number of hydrogen-bond donors (Lipinski definition) is 2. The molecule has 7 heteroatoms. The molecule has 24 heavy (non-hydrogen) atoms. The minimum Gasteiger partial charge on any atom is -0.480 e. The lowest BCUT2D eigenvalue weighted by Crippen LogP contribution is -2.36. The molecule has 0 radical (unpaired) electrons. The number of rotatable bonds is 7. The summed E-state index contributed by atoms with van der Waals surface area (Å²) in [5.74, 6) is -2.29. The number of imide groups is 1. The molecule has 1 saturated heterocycles. The van der Waals surface area contributed by atoms with Gasteiger partial charge in [-0.3, -0.25) is 24.5 Å². The molecule has 0 spiro atoms. The van der Waals surface area contributed by atoms with Gasteiger partial charge in [-0.15, -0.1) is 0 Å². The van der Waals surface area contributed by atoms with E-state index in [0.717, 1.165) is 5.56 Å². The van der Waals surface area contributed by atoms with Crippen LogP contribution in [0.4, 0.5) is 0 Å². The van der Waals surface area contributed by atoms with Crippen molar-refractivity contribution in [3.63, 3.8) is 0 Å². The number of benzene rings is 1. The minimum atomic E-state index is -1.05. The van der Waals surface area contributed by atoms with E-state index < -0.39 is 5.97 Å². The van der Waals surface area contributed by atoms with Gasteiger partial charge in [-0.05, 0) is 30.5 Å². The van der Waals surface area contributed by atoms with Crippen molar-refractivity contribution < 1.29 is 24.3 Å². The zero-order valence-corrected chi connectivity index (χ0v) is 13.4. The Labute approximate surface area is 139 Å². The van der Waals surface area contributed by atoms with Crippen LogP contribution in [0.25, 0.3) is 0 Å². The lowest BCUT2D eigenvalue weighted by molar-refractivity contribution is -0.137. The van der Waals surface area contributed by atoms with E-state index in [-0.39, 0.29) is 36.6 Å². The molecule has 1 aliphatic rings. The Hall–Kier alpha value is -2.70. The second-order valence-corrected chi connectivity index (χ2v) is 5.83. The van der Waals surface area contributed by atoms with Crippen LogP contribution >= 0.6 is 0 Å². The van der Waals surface area contributed by atoms with Crippen molar-refractivity contribution >= 4 is 23.7 Å². The minimum absolute atomic E-state index is 0.183. The number of hydrogen-bond acceptors (Lipinski definition) is 4. The van der Waals surface area contributed by atoms with E-state index in [1.807, 2.05) is 6.92 Å². The number of amides is 3. The fourth-order valence-electron chi connectivity index (χ4n) is 2.71. The number of carboxylic acid groups (broad SMARTS) is 1. The number of nitrogens with zero attached hydrogens (tertiary/aromatic N) is 1. The van der Waals surface area contributed by atoms with Gasteiger partial charge in [0, 0.05) is 18.5 Å². The van der Waals surface area contributed by atoms with Gasteiger partial charge in [-0.1, -0.05) is 19.1 Å². The van der Waals surface area contributed by atoms with Crippen molar-refractivity contribution in [3.8, 4) is 0 Å². The average molecular weight is 332 g/mol. The van der Waals surface area contributed by atoms with Gasteiger partial charge in [-0.2, -0.15) is 0 Å². The predicted molar refractivity (Wildman–Crippen MR) is 85.2 cm³/mol. The molecule has 0 aromatic heterocycles. The van der Waals surface area contributed by atoms with Crippen LogP contribution < -0.4 is 5.32 Å². The molecular formula is C17H20N2O5. The fourth-order valence-corrected chi connectivity index (χ4v) is 2.71. The van der Waals surface area contributed by atoms with Crippen LogP contribution in [0.15, 0.2) is 24.3 Å². The van der Waals surface area contributed by atoms with E-state index in [4.69, 9.17) is 5.11 Å². The standard InChI is InChI=1S/C17H20N2O5/c1-2-7-19(10-15(21)22)17(24)12-5-3-11(4-6-12)8-13-9-14(20)18-16(13)23/h3-6,13H,2,7-10H2,1H3,(H,21,22)(H,18,20,23). The van der Waals surface area contributed by atoms with Crippen molar-refractivity contribution in [2.75, 3.05) is 13.1 Å². The smallest absolute Gasteiger partial charge is 0.323 e. The molecule has 3 amide bonds. The molecule has 128 valence electrons. The van der Waals surface area contributed by atoms with E-state index in [1.165, 1.54) is 4.90 Å². The van der Waals surface area contributed by atoms with Gasteiger partial charge in [0.25, 0.3) is 5.91 Å². The topological polar surface area (TPSA) is 104 Å². The predicted octanol–water partition coefficient (Wildman–Crippen LogP) is 0.829. The summed E-state index contributed by atoms with van der Waals surface area (Å²) in [7, 11) is 0. The van der Waals surface area contributed by atoms with Crippen molar-refractivity contribution in [1.29, 1.82) is 0 Å². The summed E-state index contributed by atoms with van der Waals surface area (Å²) in [5.41, 5.74) is 1.25. The Morgan fingerprint density at radius 2 is 1.92 bits per heavy atom. The fraction of sp³-hybridized carbons (Fsp3) is 0.412. The first-order valence-corrected chi connectivity index (χ1v) is 7.84.